The van der Waals surface area contributed by atoms with Crippen molar-refractivity contribution in [3.63, 3.8) is 0 Å². The molecule has 118 valence electrons. The number of aromatic nitrogens is 1. The van der Waals surface area contributed by atoms with Crippen LogP contribution in [0.25, 0.3) is 10.2 Å². The van der Waals surface area contributed by atoms with Crippen molar-refractivity contribution in [1.82, 2.24) is 4.98 Å². The number of benzene rings is 1. The number of fused-ring (bicyclic) bond motifs is 1. The molecule has 0 radical (unpaired) electrons. The highest BCUT2D eigenvalue weighted by molar-refractivity contribution is 7.22. The molecular formula is C16H20N2O3S. The number of nitrogens with zero attached hydrogens (tertiary/aromatic N) is 2. The Labute approximate surface area is 133 Å². The number of carbonyl (C=O) groups is 1. The molecule has 0 unspecified atom stereocenters. The zero-order chi connectivity index (χ0) is 15.5. The van der Waals surface area contributed by atoms with Crippen LogP contribution in [-0.4, -0.2) is 37.3 Å². The number of rotatable bonds is 5. The maximum Gasteiger partial charge on any atom is 0.228 e. The summed E-state index contributed by atoms with van der Waals surface area (Å²) in [5, 5.41) is 0.724. The van der Waals surface area contributed by atoms with Crippen LogP contribution in [0.5, 0.6) is 5.75 Å². The van der Waals surface area contributed by atoms with Gasteiger partial charge in [0.15, 0.2) is 5.13 Å². The highest BCUT2D eigenvalue weighted by Crippen LogP contribution is 2.34. The molecule has 1 aromatic carbocycles. The van der Waals surface area contributed by atoms with E-state index >= 15 is 0 Å². The van der Waals surface area contributed by atoms with Gasteiger partial charge in [0, 0.05) is 13.0 Å². The van der Waals surface area contributed by atoms with Crippen LogP contribution in [0.2, 0.25) is 0 Å². The van der Waals surface area contributed by atoms with Gasteiger partial charge < -0.3 is 9.47 Å². The lowest BCUT2D eigenvalue weighted by molar-refractivity contribution is -0.118. The number of carbonyl (C=O) groups excluding carboxylic acids is 1. The van der Waals surface area contributed by atoms with E-state index in [0.717, 1.165) is 40.5 Å². The van der Waals surface area contributed by atoms with Crippen molar-refractivity contribution in [2.24, 2.45) is 0 Å². The van der Waals surface area contributed by atoms with Crippen molar-refractivity contribution in [3.8, 4) is 5.75 Å². The summed E-state index contributed by atoms with van der Waals surface area (Å²) < 4.78 is 12.1. The Morgan fingerprint density at radius 3 is 3.09 bits per heavy atom. The average molecular weight is 320 g/mol. The molecule has 0 aliphatic carbocycles. The van der Waals surface area contributed by atoms with Gasteiger partial charge in [-0.25, -0.2) is 4.98 Å². The van der Waals surface area contributed by atoms with Crippen molar-refractivity contribution in [2.45, 2.75) is 32.3 Å². The summed E-state index contributed by atoms with van der Waals surface area (Å²) in [6.07, 6.45) is 2.64. The molecule has 6 heteroatoms. The Balaban J connectivity index is 1.94. The zero-order valence-corrected chi connectivity index (χ0v) is 13.7. The number of hydrogen-bond acceptors (Lipinski definition) is 5. The summed E-state index contributed by atoms with van der Waals surface area (Å²) >= 11 is 1.52. The molecule has 5 nitrogen and oxygen atoms in total. The minimum atomic E-state index is 0.0773. The maximum atomic E-state index is 12.3. The quantitative estimate of drug-likeness (QED) is 0.849. The molecule has 1 amide bonds. The van der Waals surface area contributed by atoms with Crippen LogP contribution >= 0.6 is 11.3 Å². The van der Waals surface area contributed by atoms with Gasteiger partial charge in [-0.05, 0) is 25.0 Å². The van der Waals surface area contributed by atoms with Gasteiger partial charge in [-0.15, -0.1) is 0 Å². The van der Waals surface area contributed by atoms with Crippen LogP contribution in [0.4, 0.5) is 5.13 Å². The smallest absolute Gasteiger partial charge is 0.228 e. The van der Waals surface area contributed by atoms with Gasteiger partial charge >= 0.3 is 0 Å². The first-order valence-corrected chi connectivity index (χ1v) is 8.40. The fourth-order valence-electron chi connectivity index (χ4n) is 2.66. The Kier molecular flexibility index (Phi) is 4.59. The summed E-state index contributed by atoms with van der Waals surface area (Å²) in [5.74, 6) is 0.814. The Morgan fingerprint density at radius 2 is 2.41 bits per heavy atom. The van der Waals surface area contributed by atoms with E-state index in [2.05, 4.69) is 4.98 Å². The molecule has 1 aliphatic rings. The molecule has 1 aliphatic heterocycles. The minimum absolute atomic E-state index is 0.0773. The third-order valence-corrected chi connectivity index (χ3v) is 4.88. The fraction of sp³-hybridized carbons (Fsp3) is 0.500. The van der Waals surface area contributed by atoms with Crippen LogP contribution in [0.15, 0.2) is 18.2 Å². The van der Waals surface area contributed by atoms with Crippen molar-refractivity contribution >= 4 is 32.6 Å². The van der Waals surface area contributed by atoms with Gasteiger partial charge in [-0.3, -0.25) is 9.69 Å². The second-order valence-corrected chi connectivity index (χ2v) is 6.31. The summed E-state index contributed by atoms with van der Waals surface area (Å²) in [4.78, 5) is 18.7. The van der Waals surface area contributed by atoms with Crippen molar-refractivity contribution in [3.05, 3.63) is 18.2 Å². The summed E-state index contributed by atoms with van der Waals surface area (Å²) in [5.41, 5.74) is 0.811. The second-order valence-electron chi connectivity index (χ2n) is 5.30. The van der Waals surface area contributed by atoms with E-state index < -0.39 is 0 Å². The topological polar surface area (TPSA) is 51.7 Å². The first kappa shape index (κ1) is 15.2. The SMILES string of the molecule is CCC(=O)N(C[C@H]1CCCO1)c1nc2c(OC)cccc2s1. The van der Waals surface area contributed by atoms with E-state index in [-0.39, 0.29) is 12.0 Å². The molecule has 1 atom stereocenters. The van der Waals surface area contributed by atoms with Gasteiger partial charge in [0.05, 0.1) is 24.5 Å². The first-order valence-electron chi connectivity index (χ1n) is 7.58. The normalized spacial score (nSPS) is 17.8. The lowest BCUT2D eigenvalue weighted by Gasteiger charge is -2.22. The van der Waals surface area contributed by atoms with Crippen LogP contribution in [0, 0.1) is 0 Å². The van der Waals surface area contributed by atoms with Gasteiger partial charge in [-0.1, -0.05) is 24.3 Å². The first-order chi connectivity index (χ1) is 10.7. The number of amides is 1. The molecule has 1 aromatic heterocycles. The Bertz CT molecular complexity index is 664. The molecule has 0 N–H and O–H groups in total. The summed E-state index contributed by atoms with van der Waals surface area (Å²) in [7, 11) is 1.63. The molecule has 2 aromatic rings. The van der Waals surface area contributed by atoms with Gasteiger partial charge in [0.25, 0.3) is 0 Å². The predicted molar refractivity (Wildman–Crippen MR) is 87.8 cm³/mol. The molecule has 0 bridgehead atoms. The van der Waals surface area contributed by atoms with Crippen LogP contribution in [-0.2, 0) is 9.53 Å². The van der Waals surface area contributed by atoms with E-state index in [1.165, 1.54) is 11.3 Å². The molecule has 2 heterocycles. The molecular weight excluding hydrogens is 300 g/mol. The lowest BCUT2D eigenvalue weighted by Crippen LogP contribution is -2.37. The summed E-state index contributed by atoms with van der Waals surface area (Å²) in [6, 6.07) is 5.83. The minimum Gasteiger partial charge on any atom is -0.494 e. The largest absolute Gasteiger partial charge is 0.494 e. The number of hydrogen-bond donors (Lipinski definition) is 0. The lowest BCUT2D eigenvalue weighted by atomic mass is 10.2. The van der Waals surface area contributed by atoms with Crippen LogP contribution in [0.1, 0.15) is 26.2 Å². The molecule has 0 saturated carbocycles. The second kappa shape index (κ2) is 6.62. The molecule has 0 spiro atoms. The molecule has 22 heavy (non-hydrogen) atoms. The highest BCUT2D eigenvalue weighted by Gasteiger charge is 2.25. The van der Waals surface area contributed by atoms with Crippen molar-refractivity contribution in [2.75, 3.05) is 25.2 Å². The summed E-state index contributed by atoms with van der Waals surface area (Å²) in [6.45, 7) is 3.24. The standard InChI is InChI=1S/C16H20N2O3S/c1-3-14(19)18(10-11-6-5-9-21-11)16-17-15-12(20-2)7-4-8-13(15)22-16/h4,7-8,11H,3,5-6,9-10H2,1-2H3/t11-/m1/s1. The predicted octanol–water partition coefficient (Wildman–Crippen LogP) is 3.23. The van der Waals surface area contributed by atoms with Crippen molar-refractivity contribution < 1.29 is 14.3 Å². The number of methoxy groups -OCH3 is 1. The highest BCUT2D eigenvalue weighted by atomic mass is 32.1. The Hall–Kier alpha value is -1.66. The monoisotopic (exact) mass is 320 g/mol. The van der Waals surface area contributed by atoms with Gasteiger partial charge in [0.1, 0.15) is 11.3 Å². The van der Waals surface area contributed by atoms with Gasteiger partial charge in [-0.2, -0.15) is 0 Å². The number of thiazole rings is 1. The van der Waals surface area contributed by atoms with E-state index in [4.69, 9.17) is 9.47 Å². The molecule has 1 fully saturated rings. The van der Waals surface area contributed by atoms with E-state index in [1.807, 2.05) is 25.1 Å². The van der Waals surface area contributed by atoms with E-state index in [1.54, 1.807) is 12.0 Å². The fourth-order valence-corrected chi connectivity index (χ4v) is 3.67. The van der Waals surface area contributed by atoms with E-state index in [9.17, 15) is 4.79 Å². The van der Waals surface area contributed by atoms with E-state index in [0.29, 0.717) is 13.0 Å². The third kappa shape index (κ3) is 2.94. The van der Waals surface area contributed by atoms with Crippen molar-refractivity contribution in [1.29, 1.82) is 0 Å². The average Bonchev–Trinajstić information content (AvgIpc) is 3.20. The number of anilines is 1. The third-order valence-electron chi connectivity index (χ3n) is 3.84. The van der Waals surface area contributed by atoms with Gasteiger partial charge in [0.2, 0.25) is 5.91 Å². The van der Waals surface area contributed by atoms with Crippen LogP contribution < -0.4 is 9.64 Å². The number of ether oxygens (including phenoxy) is 2. The zero-order valence-electron chi connectivity index (χ0n) is 12.9. The Morgan fingerprint density at radius 1 is 1.55 bits per heavy atom. The number of para-hydroxylation sites is 1. The molecule has 1 saturated heterocycles. The maximum absolute atomic E-state index is 12.3. The van der Waals surface area contributed by atoms with Crippen LogP contribution in [0.3, 0.4) is 0 Å². The molecule has 3 rings (SSSR count).